The molecule has 0 radical (unpaired) electrons. The first-order valence-corrected chi connectivity index (χ1v) is 8.49. The minimum absolute atomic E-state index is 0.0321. The average molecular weight is 390 g/mol. The Kier molecular flexibility index (Phi) is 5.19. The van der Waals surface area contributed by atoms with Crippen molar-refractivity contribution in [3.8, 4) is 5.75 Å². The molecule has 3 rings (SSSR count). The highest BCUT2D eigenvalue weighted by molar-refractivity contribution is 6.30. The minimum Gasteiger partial charge on any atom is -0.494 e. The number of halogens is 2. The molecular formula is C20H17ClFNO4. The summed E-state index contributed by atoms with van der Waals surface area (Å²) >= 11 is 5.89. The molecule has 0 saturated carbocycles. The lowest BCUT2D eigenvalue weighted by molar-refractivity contribution is -0.139. The molecule has 140 valence electrons. The van der Waals surface area contributed by atoms with Gasteiger partial charge in [0.1, 0.15) is 0 Å². The van der Waals surface area contributed by atoms with Gasteiger partial charge in [-0.15, -0.1) is 0 Å². The molecule has 0 unspecified atom stereocenters. The summed E-state index contributed by atoms with van der Waals surface area (Å²) in [7, 11) is 2.64. The Morgan fingerprint density at radius 3 is 2.41 bits per heavy atom. The van der Waals surface area contributed by atoms with Crippen LogP contribution in [0.2, 0.25) is 5.02 Å². The van der Waals surface area contributed by atoms with Crippen LogP contribution in [-0.4, -0.2) is 30.7 Å². The van der Waals surface area contributed by atoms with Crippen molar-refractivity contribution in [1.29, 1.82) is 0 Å². The number of benzene rings is 2. The Balaban J connectivity index is 2.26. The Morgan fingerprint density at radius 2 is 1.81 bits per heavy atom. The fourth-order valence-electron chi connectivity index (χ4n) is 3.06. The molecule has 0 atom stereocenters. The van der Waals surface area contributed by atoms with Crippen LogP contribution in [0.25, 0.3) is 10.9 Å². The lowest BCUT2D eigenvalue weighted by Gasteiger charge is -2.08. The van der Waals surface area contributed by atoms with Gasteiger partial charge in [0, 0.05) is 27.7 Å². The van der Waals surface area contributed by atoms with Gasteiger partial charge in [0.15, 0.2) is 11.6 Å². The van der Waals surface area contributed by atoms with Gasteiger partial charge in [-0.05, 0) is 42.8 Å². The molecule has 0 amide bonds. The Morgan fingerprint density at radius 1 is 1.15 bits per heavy atom. The van der Waals surface area contributed by atoms with E-state index in [4.69, 9.17) is 21.1 Å². The first-order valence-electron chi connectivity index (χ1n) is 8.11. The topological polar surface area (TPSA) is 57.5 Å². The van der Waals surface area contributed by atoms with Crippen molar-refractivity contribution in [2.75, 3.05) is 14.2 Å². The van der Waals surface area contributed by atoms with E-state index in [1.165, 1.54) is 30.9 Å². The Labute approximate surface area is 160 Å². The van der Waals surface area contributed by atoms with Gasteiger partial charge in [0.25, 0.3) is 5.91 Å². The smallest absolute Gasteiger partial charge is 0.310 e. The number of nitrogens with zero attached hydrogens (tertiary/aromatic N) is 1. The van der Waals surface area contributed by atoms with E-state index in [0.717, 1.165) is 0 Å². The third-order valence-electron chi connectivity index (χ3n) is 4.45. The molecule has 0 aliphatic heterocycles. The number of aromatic nitrogens is 1. The molecule has 5 nitrogen and oxygen atoms in total. The maximum Gasteiger partial charge on any atom is 0.310 e. The fraction of sp³-hybridized carbons (Fsp3) is 0.200. The van der Waals surface area contributed by atoms with Crippen molar-refractivity contribution in [3.05, 3.63) is 64.1 Å². The van der Waals surface area contributed by atoms with Crippen LogP contribution in [0.15, 0.2) is 36.4 Å². The molecule has 0 saturated heterocycles. The average Bonchev–Trinajstić information content (AvgIpc) is 2.91. The number of hydrogen-bond donors (Lipinski definition) is 0. The van der Waals surface area contributed by atoms with Crippen molar-refractivity contribution in [2.45, 2.75) is 13.3 Å². The summed E-state index contributed by atoms with van der Waals surface area (Å²) in [6.07, 6.45) is -0.0471. The Bertz CT molecular complexity index is 1040. The van der Waals surface area contributed by atoms with Gasteiger partial charge >= 0.3 is 5.97 Å². The third kappa shape index (κ3) is 3.40. The van der Waals surface area contributed by atoms with Gasteiger partial charge in [-0.1, -0.05) is 11.6 Å². The van der Waals surface area contributed by atoms with Gasteiger partial charge in [-0.25, -0.2) is 4.39 Å². The molecule has 0 aliphatic rings. The molecule has 0 fully saturated rings. The van der Waals surface area contributed by atoms with Crippen molar-refractivity contribution in [1.82, 2.24) is 4.57 Å². The van der Waals surface area contributed by atoms with E-state index in [2.05, 4.69) is 0 Å². The number of rotatable bonds is 4. The number of carbonyl (C=O) groups excluding carboxylic acids is 2. The van der Waals surface area contributed by atoms with Crippen LogP contribution in [0.4, 0.5) is 4.39 Å². The van der Waals surface area contributed by atoms with Crippen LogP contribution in [0.5, 0.6) is 5.75 Å². The molecule has 0 aliphatic carbocycles. The third-order valence-corrected chi connectivity index (χ3v) is 4.70. The quantitative estimate of drug-likeness (QED) is 0.629. The van der Waals surface area contributed by atoms with Crippen LogP contribution >= 0.6 is 11.6 Å². The number of fused-ring (bicyclic) bond motifs is 1. The van der Waals surface area contributed by atoms with Crippen LogP contribution < -0.4 is 4.74 Å². The fourth-order valence-corrected chi connectivity index (χ4v) is 3.19. The van der Waals surface area contributed by atoms with Gasteiger partial charge in [0.2, 0.25) is 0 Å². The zero-order chi connectivity index (χ0) is 19.7. The van der Waals surface area contributed by atoms with E-state index in [9.17, 15) is 14.0 Å². The van der Waals surface area contributed by atoms with Crippen LogP contribution in [0, 0.1) is 12.7 Å². The van der Waals surface area contributed by atoms with Crippen molar-refractivity contribution >= 4 is 34.4 Å². The predicted molar refractivity (Wildman–Crippen MR) is 100 cm³/mol. The van der Waals surface area contributed by atoms with E-state index in [1.54, 1.807) is 31.2 Å². The monoisotopic (exact) mass is 389 g/mol. The van der Waals surface area contributed by atoms with Gasteiger partial charge in [-0.2, -0.15) is 0 Å². The summed E-state index contributed by atoms with van der Waals surface area (Å²) in [6, 6.07) is 9.12. The van der Waals surface area contributed by atoms with Crippen molar-refractivity contribution < 1.29 is 23.5 Å². The highest BCUT2D eigenvalue weighted by atomic mass is 35.5. The largest absolute Gasteiger partial charge is 0.494 e. The zero-order valence-electron chi connectivity index (χ0n) is 15.0. The van der Waals surface area contributed by atoms with Crippen LogP contribution in [0.1, 0.15) is 21.6 Å². The first kappa shape index (κ1) is 18.9. The predicted octanol–water partition coefficient (Wildman–Crippen LogP) is 4.15. The molecule has 27 heavy (non-hydrogen) atoms. The molecule has 1 aromatic heterocycles. The number of methoxy groups -OCH3 is 2. The molecular weight excluding hydrogens is 373 g/mol. The highest BCUT2D eigenvalue weighted by Crippen LogP contribution is 2.32. The van der Waals surface area contributed by atoms with E-state index in [0.29, 0.717) is 32.7 Å². The summed E-state index contributed by atoms with van der Waals surface area (Å²) in [4.78, 5) is 24.9. The maximum absolute atomic E-state index is 14.3. The summed E-state index contributed by atoms with van der Waals surface area (Å²) in [5, 5.41) is 1.06. The number of ether oxygens (including phenoxy) is 2. The van der Waals surface area contributed by atoms with Crippen molar-refractivity contribution in [2.24, 2.45) is 0 Å². The molecule has 3 aromatic rings. The van der Waals surface area contributed by atoms with E-state index in [-0.39, 0.29) is 18.1 Å². The van der Waals surface area contributed by atoms with Gasteiger partial charge in [0.05, 0.1) is 26.2 Å². The standard InChI is InChI=1S/C20H17ClFNO4/c1-11-14(9-19(24)27-3)15-8-18(26-2)16(22)10-17(15)23(11)20(25)12-4-6-13(21)7-5-12/h4-8,10H,9H2,1-3H3. The summed E-state index contributed by atoms with van der Waals surface area (Å²) in [5.74, 6) is -1.38. The second-order valence-electron chi connectivity index (χ2n) is 5.97. The SMILES string of the molecule is COC(=O)Cc1c(C)n(C(=O)c2ccc(Cl)cc2)c2cc(F)c(OC)cc12. The number of carbonyl (C=O) groups is 2. The maximum atomic E-state index is 14.3. The molecule has 1 heterocycles. The van der Waals surface area contributed by atoms with E-state index >= 15 is 0 Å². The molecule has 2 aromatic carbocycles. The first-order chi connectivity index (χ1) is 12.9. The summed E-state index contributed by atoms with van der Waals surface area (Å²) in [6.45, 7) is 1.70. The van der Waals surface area contributed by atoms with E-state index in [1.807, 2.05) is 0 Å². The summed E-state index contributed by atoms with van der Waals surface area (Å²) < 4.78 is 25.5. The molecule has 0 bridgehead atoms. The number of esters is 1. The normalized spacial score (nSPS) is 10.9. The molecule has 0 spiro atoms. The Hall–Kier alpha value is -2.86. The number of hydrogen-bond acceptors (Lipinski definition) is 4. The molecule has 0 N–H and O–H groups in total. The van der Waals surface area contributed by atoms with Gasteiger partial charge in [-0.3, -0.25) is 14.2 Å². The second-order valence-corrected chi connectivity index (χ2v) is 6.40. The lowest BCUT2D eigenvalue weighted by Crippen LogP contribution is -2.14. The van der Waals surface area contributed by atoms with Crippen molar-refractivity contribution in [3.63, 3.8) is 0 Å². The lowest BCUT2D eigenvalue weighted by atomic mass is 10.1. The highest BCUT2D eigenvalue weighted by Gasteiger charge is 2.23. The molecule has 7 heteroatoms. The summed E-state index contributed by atoms with van der Waals surface area (Å²) in [5.41, 5.74) is 1.85. The van der Waals surface area contributed by atoms with Gasteiger partial charge < -0.3 is 9.47 Å². The van der Waals surface area contributed by atoms with Crippen LogP contribution in [0.3, 0.4) is 0 Å². The van der Waals surface area contributed by atoms with Crippen LogP contribution in [-0.2, 0) is 16.0 Å². The van der Waals surface area contributed by atoms with E-state index < -0.39 is 11.8 Å². The zero-order valence-corrected chi connectivity index (χ0v) is 15.8. The second kappa shape index (κ2) is 7.40. The minimum atomic E-state index is -0.600.